The van der Waals surface area contributed by atoms with E-state index >= 15 is 0 Å². The summed E-state index contributed by atoms with van der Waals surface area (Å²) in [5.41, 5.74) is 1.18. The molecule has 3 rings (SSSR count). The van der Waals surface area contributed by atoms with Gasteiger partial charge in [0.05, 0.1) is 11.7 Å². The zero-order valence-corrected chi connectivity index (χ0v) is 12.0. The van der Waals surface area contributed by atoms with E-state index in [1.54, 1.807) is 6.07 Å². The van der Waals surface area contributed by atoms with Crippen molar-refractivity contribution < 1.29 is 9.18 Å². The molecule has 0 aliphatic heterocycles. The average Bonchev–Trinajstić information content (AvgIpc) is 3.08. The van der Waals surface area contributed by atoms with Gasteiger partial charge in [-0.05, 0) is 38.0 Å². The monoisotopic (exact) mass is 287 g/mol. The number of aromatic nitrogens is 2. The molecule has 0 saturated heterocycles. The van der Waals surface area contributed by atoms with Gasteiger partial charge in [0.15, 0.2) is 0 Å². The second kappa shape index (κ2) is 5.68. The molecule has 0 bridgehead atoms. The van der Waals surface area contributed by atoms with Crippen LogP contribution in [0.5, 0.6) is 0 Å². The van der Waals surface area contributed by atoms with Crippen molar-refractivity contribution in [2.24, 2.45) is 0 Å². The number of amides is 1. The van der Waals surface area contributed by atoms with Crippen LogP contribution >= 0.6 is 0 Å². The van der Waals surface area contributed by atoms with Gasteiger partial charge >= 0.3 is 0 Å². The van der Waals surface area contributed by atoms with Crippen molar-refractivity contribution in [2.75, 3.05) is 5.32 Å². The Morgan fingerprint density at radius 1 is 1.33 bits per heavy atom. The molecule has 1 N–H and O–H groups in total. The van der Waals surface area contributed by atoms with Gasteiger partial charge in [0.25, 0.3) is 5.91 Å². The first kappa shape index (κ1) is 13.8. The minimum Gasteiger partial charge on any atom is -0.307 e. The Hall–Kier alpha value is -2.17. The van der Waals surface area contributed by atoms with Crippen LogP contribution in [0.25, 0.3) is 0 Å². The highest BCUT2D eigenvalue weighted by Gasteiger charge is 2.21. The van der Waals surface area contributed by atoms with Gasteiger partial charge in [0.1, 0.15) is 11.6 Å². The van der Waals surface area contributed by atoms with Gasteiger partial charge in [0.2, 0.25) is 0 Å². The van der Waals surface area contributed by atoms with Crippen LogP contribution in [-0.4, -0.2) is 15.7 Å². The van der Waals surface area contributed by atoms with Gasteiger partial charge in [-0.25, -0.2) is 9.07 Å². The van der Waals surface area contributed by atoms with E-state index in [1.807, 2.05) is 17.7 Å². The van der Waals surface area contributed by atoms with Crippen LogP contribution < -0.4 is 5.32 Å². The summed E-state index contributed by atoms with van der Waals surface area (Å²) in [4.78, 5) is 12.2. The normalized spacial score (nSPS) is 15.3. The van der Waals surface area contributed by atoms with E-state index in [0.29, 0.717) is 17.4 Å². The van der Waals surface area contributed by atoms with Crippen LogP contribution in [0, 0.1) is 12.7 Å². The third-order valence-corrected chi connectivity index (χ3v) is 3.86. The van der Waals surface area contributed by atoms with Crippen LogP contribution in [0.1, 0.15) is 47.8 Å². The van der Waals surface area contributed by atoms with Crippen molar-refractivity contribution in [2.45, 2.75) is 38.6 Å². The number of hydrogen-bond donors (Lipinski definition) is 1. The van der Waals surface area contributed by atoms with Gasteiger partial charge in [-0.1, -0.05) is 18.9 Å². The molecule has 1 saturated carbocycles. The van der Waals surface area contributed by atoms with Crippen molar-refractivity contribution in [3.8, 4) is 0 Å². The van der Waals surface area contributed by atoms with Crippen LogP contribution in [-0.2, 0) is 0 Å². The highest BCUT2D eigenvalue weighted by Crippen LogP contribution is 2.31. The summed E-state index contributed by atoms with van der Waals surface area (Å²) in [5.74, 6) is -0.0366. The fourth-order valence-corrected chi connectivity index (χ4v) is 2.86. The lowest BCUT2D eigenvalue weighted by Gasteiger charge is -2.14. The first-order chi connectivity index (χ1) is 10.1. The predicted octanol–water partition coefficient (Wildman–Crippen LogP) is 3.70. The Bertz CT molecular complexity index is 659. The predicted molar refractivity (Wildman–Crippen MR) is 78.8 cm³/mol. The molecule has 0 atom stereocenters. The molecule has 0 unspecified atom stereocenters. The first-order valence-corrected chi connectivity index (χ1v) is 7.26. The summed E-state index contributed by atoms with van der Waals surface area (Å²) in [6.07, 6.45) is 4.57. The highest BCUT2D eigenvalue weighted by atomic mass is 19.1. The summed E-state index contributed by atoms with van der Waals surface area (Å²) < 4.78 is 15.1. The largest absolute Gasteiger partial charge is 0.307 e. The van der Waals surface area contributed by atoms with Crippen LogP contribution in [0.3, 0.4) is 0 Å². The third kappa shape index (κ3) is 2.96. The fourth-order valence-electron chi connectivity index (χ4n) is 2.86. The third-order valence-electron chi connectivity index (χ3n) is 3.86. The number of aryl methyl sites for hydroxylation is 1. The molecule has 0 radical (unpaired) electrons. The van der Waals surface area contributed by atoms with E-state index < -0.39 is 5.82 Å². The van der Waals surface area contributed by atoms with Crippen LogP contribution in [0.4, 0.5) is 10.2 Å². The molecule has 0 spiro atoms. The molecule has 4 nitrogen and oxygen atoms in total. The van der Waals surface area contributed by atoms with Gasteiger partial charge in [-0.15, -0.1) is 0 Å². The number of carbonyl (C=O) groups is 1. The minimum absolute atomic E-state index is 0.311. The van der Waals surface area contributed by atoms with Crippen molar-refractivity contribution in [1.29, 1.82) is 0 Å². The first-order valence-electron chi connectivity index (χ1n) is 7.26. The van der Waals surface area contributed by atoms with Gasteiger partial charge in [-0.2, -0.15) is 5.10 Å². The number of rotatable bonds is 3. The van der Waals surface area contributed by atoms with E-state index in [-0.39, 0.29) is 5.91 Å². The van der Waals surface area contributed by atoms with Crippen LogP contribution in [0.15, 0.2) is 30.3 Å². The van der Waals surface area contributed by atoms with E-state index in [0.717, 1.165) is 18.5 Å². The van der Waals surface area contributed by atoms with Crippen LogP contribution in [0.2, 0.25) is 0 Å². The lowest BCUT2D eigenvalue weighted by molar-refractivity contribution is 0.102. The van der Waals surface area contributed by atoms with Gasteiger partial charge < -0.3 is 5.32 Å². The van der Waals surface area contributed by atoms with Crippen molar-refractivity contribution in [3.05, 3.63) is 47.4 Å². The standard InChI is InChI=1S/C16H18FN3O/c1-11-9-15(20(19-11)14-7-2-3-8-14)18-16(21)12-5-4-6-13(17)10-12/h4-6,9-10,14H,2-3,7-8H2,1H3,(H,18,21). The maximum Gasteiger partial charge on any atom is 0.256 e. The zero-order valence-electron chi connectivity index (χ0n) is 12.0. The smallest absolute Gasteiger partial charge is 0.256 e. The topological polar surface area (TPSA) is 46.9 Å². The summed E-state index contributed by atoms with van der Waals surface area (Å²) in [5, 5.41) is 7.33. The Balaban J connectivity index is 1.82. The van der Waals surface area contributed by atoms with Crippen molar-refractivity contribution in [1.82, 2.24) is 9.78 Å². The SMILES string of the molecule is Cc1cc(NC(=O)c2cccc(F)c2)n(C2CCCC2)n1. The van der Waals surface area contributed by atoms with E-state index in [2.05, 4.69) is 10.4 Å². The lowest BCUT2D eigenvalue weighted by Crippen LogP contribution is -2.17. The number of anilines is 1. The molecule has 21 heavy (non-hydrogen) atoms. The van der Waals surface area contributed by atoms with Gasteiger partial charge in [0, 0.05) is 11.6 Å². The Morgan fingerprint density at radius 3 is 2.81 bits per heavy atom. The fraction of sp³-hybridized carbons (Fsp3) is 0.375. The number of carbonyl (C=O) groups excluding carboxylic acids is 1. The summed E-state index contributed by atoms with van der Waals surface area (Å²) >= 11 is 0. The maximum absolute atomic E-state index is 13.2. The number of nitrogens with one attached hydrogen (secondary N) is 1. The summed E-state index contributed by atoms with van der Waals surface area (Å²) in [6.45, 7) is 1.91. The molecule has 1 heterocycles. The Kier molecular flexibility index (Phi) is 3.73. The number of nitrogens with zero attached hydrogens (tertiary/aromatic N) is 2. The molecule has 1 aliphatic carbocycles. The second-order valence-corrected chi connectivity index (χ2v) is 5.52. The van der Waals surface area contributed by atoms with Crippen molar-refractivity contribution >= 4 is 11.7 Å². The maximum atomic E-state index is 13.2. The minimum atomic E-state index is -0.414. The number of benzene rings is 1. The number of hydrogen-bond acceptors (Lipinski definition) is 2. The van der Waals surface area contributed by atoms with E-state index in [4.69, 9.17) is 0 Å². The molecule has 1 aromatic carbocycles. The molecule has 5 heteroatoms. The Labute approximate surface area is 123 Å². The van der Waals surface area contributed by atoms with E-state index in [1.165, 1.54) is 31.0 Å². The second-order valence-electron chi connectivity index (χ2n) is 5.52. The van der Waals surface area contributed by atoms with E-state index in [9.17, 15) is 9.18 Å². The molecule has 1 amide bonds. The molecule has 110 valence electrons. The lowest BCUT2D eigenvalue weighted by atomic mass is 10.2. The quantitative estimate of drug-likeness (QED) is 0.935. The average molecular weight is 287 g/mol. The highest BCUT2D eigenvalue weighted by molar-refractivity contribution is 6.03. The van der Waals surface area contributed by atoms with Gasteiger partial charge in [-0.3, -0.25) is 4.79 Å². The zero-order chi connectivity index (χ0) is 14.8. The summed E-state index contributed by atoms with van der Waals surface area (Å²) in [7, 11) is 0. The molecule has 1 aromatic heterocycles. The number of halogens is 1. The molecule has 2 aromatic rings. The molecular formula is C16H18FN3O. The molecule has 1 aliphatic rings. The molecular weight excluding hydrogens is 269 g/mol. The van der Waals surface area contributed by atoms with Crippen molar-refractivity contribution in [3.63, 3.8) is 0 Å². The molecule has 1 fully saturated rings. The summed E-state index contributed by atoms with van der Waals surface area (Å²) in [6, 6.07) is 7.89. The Morgan fingerprint density at radius 2 is 2.10 bits per heavy atom.